The van der Waals surface area contributed by atoms with Crippen molar-refractivity contribution in [1.82, 2.24) is 10.6 Å². The first-order valence-electron chi connectivity index (χ1n) is 10.5. The fourth-order valence-electron chi connectivity index (χ4n) is 3.36. The number of aliphatic carboxylic acids is 1. The number of carbonyl (C=O) groups excluding carboxylic acids is 2. The van der Waals surface area contributed by atoms with Crippen LogP contribution in [0, 0.1) is 5.41 Å². The maximum absolute atomic E-state index is 13.0. The van der Waals surface area contributed by atoms with Gasteiger partial charge in [-0.1, -0.05) is 40.5 Å². The third-order valence-electron chi connectivity index (χ3n) is 5.14. The first-order chi connectivity index (χ1) is 13.4. The molecule has 29 heavy (non-hydrogen) atoms. The highest BCUT2D eigenvalue weighted by Crippen LogP contribution is 2.35. The molecule has 0 aromatic heterocycles. The molecule has 1 heterocycles. The van der Waals surface area contributed by atoms with Crippen LogP contribution in [0.2, 0.25) is 0 Å². The van der Waals surface area contributed by atoms with E-state index in [9.17, 15) is 19.5 Å². The second-order valence-electron chi connectivity index (χ2n) is 8.93. The Morgan fingerprint density at radius 2 is 1.72 bits per heavy atom. The summed E-state index contributed by atoms with van der Waals surface area (Å²) in [7, 11) is 0. The summed E-state index contributed by atoms with van der Waals surface area (Å²) in [5.74, 6) is -2.46. The van der Waals surface area contributed by atoms with E-state index in [1.54, 1.807) is 13.8 Å². The summed E-state index contributed by atoms with van der Waals surface area (Å²) in [6.45, 7) is 11.5. The van der Waals surface area contributed by atoms with Crippen LogP contribution in [0.5, 0.6) is 0 Å². The largest absolute Gasteiger partial charge is 0.481 e. The van der Waals surface area contributed by atoms with Crippen molar-refractivity contribution in [2.24, 2.45) is 5.41 Å². The summed E-state index contributed by atoms with van der Waals surface area (Å²) in [6, 6.07) is -1.20. The smallest absolute Gasteiger partial charge is 0.305 e. The zero-order valence-corrected chi connectivity index (χ0v) is 18.7. The lowest BCUT2D eigenvalue weighted by Gasteiger charge is -2.45. The van der Waals surface area contributed by atoms with E-state index >= 15 is 0 Å². The van der Waals surface area contributed by atoms with Gasteiger partial charge in [0.1, 0.15) is 6.10 Å². The van der Waals surface area contributed by atoms with Crippen LogP contribution in [0.1, 0.15) is 80.1 Å². The van der Waals surface area contributed by atoms with Gasteiger partial charge in [-0.15, -0.1) is 0 Å². The van der Waals surface area contributed by atoms with Gasteiger partial charge in [0, 0.05) is 17.9 Å². The van der Waals surface area contributed by atoms with E-state index in [-0.39, 0.29) is 12.3 Å². The number of carboxylic acids is 1. The number of hydrogen-bond acceptors (Lipinski definition) is 5. The molecule has 1 fully saturated rings. The van der Waals surface area contributed by atoms with Crippen LogP contribution >= 0.6 is 0 Å². The number of ether oxygens (including phenoxy) is 2. The molecule has 0 radical (unpaired) electrons. The van der Waals surface area contributed by atoms with E-state index in [0.29, 0.717) is 19.4 Å². The minimum atomic E-state index is -1.04. The average molecular weight is 415 g/mol. The standard InChI is InChI=1S/C21H38N2O6/c1-7-9-10-11-16(24)22-14(8-2)15(12-17(25)26)23-19(27)18-20(3,4)13-28-21(5,6)29-18/h14-15,18H,7-13H2,1-6H3,(H,22,24)(H,23,27)(H,25,26). The van der Waals surface area contributed by atoms with Crippen molar-refractivity contribution >= 4 is 17.8 Å². The van der Waals surface area contributed by atoms with Gasteiger partial charge in [-0.05, 0) is 26.7 Å². The molecule has 0 bridgehead atoms. The Bertz CT molecular complexity index is 576. The maximum atomic E-state index is 13.0. The second kappa shape index (κ2) is 10.9. The molecule has 0 spiro atoms. The molecule has 0 aromatic rings. The first kappa shape index (κ1) is 25.4. The number of amides is 2. The quantitative estimate of drug-likeness (QED) is 0.448. The van der Waals surface area contributed by atoms with E-state index < -0.39 is 41.3 Å². The molecule has 8 heteroatoms. The maximum Gasteiger partial charge on any atom is 0.305 e. The first-order valence-corrected chi connectivity index (χ1v) is 10.5. The van der Waals surface area contributed by atoms with Crippen molar-refractivity contribution in [3.63, 3.8) is 0 Å². The van der Waals surface area contributed by atoms with Crippen LogP contribution in [-0.2, 0) is 23.9 Å². The molecule has 3 unspecified atom stereocenters. The fraction of sp³-hybridized carbons (Fsp3) is 0.857. The number of unbranched alkanes of at least 4 members (excludes halogenated alkanes) is 2. The number of rotatable bonds is 11. The van der Waals surface area contributed by atoms with Crippen molar-refractivity contribution < 1.29 is 29.0 Å². The number of carboxylic acid groups (broad SMARTS) is 1. The topological polar surface area (TPSA) is 114 Å². The highest BCUT2D eigenvalue weighted by Gasteiger charge is 2.46. The summed E-state index contributed by atoms with van der Waals surface area (Å²) in [5, 5.41) is 15.0. The number of hydrogen-bond donors (Lipinski definition) is 3. The van der Waals surface area contributed by atoms with E-state index in [4.69, 9.17) is 9.47 Å². The molecule has 1 rings (SSSR count). The Hall–Kier alpha value is -1.67. The molecular formula is C21H38N2O6. The van der Waals surface area contributed by atoms with Crippen LogP contribution in [0.25, 0.3) is 0 Å². The summed E-state index contributed by atoms with van der Waals surface area (Å²) in [6.07, 6.45) is 2.58. The Morgan fingerprint density at radius 3 is 2.28 bits per heavy atom. The highest BCUT2D eigenvalue weighted by atomic mass is 16.7. The summed E-state index contributed by atoms with van der Waals surface area (Å²) in [5.41, 5.74) is -0.571. The zero-order chi connectivity index (χ0) is 22.2. The summed E-state index contributed by atoms with van der Waals surface area (Å²) < 4.78 is 11.5. The molecule has 3 atom stereocenters. The van der Waals surface area contributed by atoms with Crippen molar-refractivity contribution in [3.05, 3.63) is 0 Å². The zero-order valence-electron chi connectivity index (χ0n) is 18.7. The Balaban J connectivity index is 2.88. The molecule has 2 amide bonds. The van der Waals surface area contributed by atoms with Crippen molar-refractivity contribution in [3.8, 4) is 0 Å². The molecule has 1 saturated heterocycles. The van der Waals surface area contributed by atoms with E-state index in [2.05, 4.69) is 17.6 Å². The van der Waals surface area contributed by atoms with Crippen molar-refractivity contribution in [2.45, 2.75) is 104 Å². The Labute approximate surface area is 174 Å². The van der Waals surface area contributed by atoms with E-state index in [1.807, 2.05) is 20.8 Å². The molecule has 168 valence electrons. The molecule has 0 aromatic carbocycles. The van der Waals surface area contributed by atoms with Gasteiger partial charge >= 0.3 is 5.97 Å². The van der Waals surface area contributed by atoms with Crippen LogP contribution in [0.4, 0.5) is 0 Å². The van der Waals surface area contributed by atoms with Gasteiger partial charge in [-0.3, -0.25) is 14.4 Å². The lowest BCUT2D eigenvalue weighted by atomic mass is 9.85. The summed E-state index contributed by atoms with van der Waals surface area (Å²) >= 11 is 0. The van der Waals surface area contributed by atoms with Gasteiger partial charge in [-0.2, -0.15) is 0 Å². The number of nitrogens with one attached hydrogen (secondary N) is 2. The highest BCUT2D eigenvalue weighted by molar-refractivity contribution is 5.83. The third-order valence-corrected chi connectivity index (χ3v) is 5.14. The monoisotopic (exact) mass is 414 g/mol. The normalized spacial score (nSPS) is 22.3. The molecule has 1 aliphatic heterocycles. The van der Waals surface area contributed by atoms with Crippen LogP contribution < -0.4 is 10.6 Å². The molecule has 1 aliphatic rings. The second-order valence-corrected chi connectivity index (χ2v) is 8.93. The van der Waals surface area contributed by atoms with E-state index in [1.165, 1.54) is 0 Å². The van der Waals surface area contributed by atoms with Gasteiger partial charge in [-0.25, -0.2) is 0 Å². The molecule has 0 aliphatic carbocycles. The molecule has 0 saturated carbocycles. The van der Waals surface area contributed by atoms with Gasteiger partial charge in [0.2, 0.25) is 11.8 Å². The van der Waals surface area contributed by atoms with Crippen molar-refractivity contribution in [1.29, 1.82) is 0 Å². The van der Waals surface area contributed by atoms with E-state index in [0.717, 1.165) is 19.3 Å². The fourth-order valence-corrected chi connectivity index (χ4v) is 3.36. The predicted molar refractivity (Wildman–Crippen MR) is 109 cm³/mol. The molecule has 8 nitrogen and oxygen atoms in total. The molecule has 3 N–H and O–H groups in total. The van der Waals surface area contributed by atoms with Gasteiger partial charge < -0.3 is 25.2 Å². The van der Waals surface area contributed by atoms with Crippen LogP contribution in [0.3, 0.4) is 0 Å². The predicted octanol–water partition coefficient (Wildman–Crippen LogP) is 2.60. The SMILES string of the molecule is CCCCCC(=O)NC(CC)C(CC(=O)O)NC(=O)C1OC(C)(C)OCC1(C)C. The van der Waals surface area contributed by atoms with Crippen LogP contribution in [-0.4, -0.2) is 53.5 Å². The van der Waals surface area contributed by atoms with Gasteiger partial charge in [0.05, 0.1) is 19.1 Å². The minimum absolute atomic E-state index is 0.126. The Kier molecular flexibility index (Phi) is 9.55. The van der Waals surface area contributed by atoms with Gasteiger partial charge in [0.25, 0.3) is 0 Å². The average Bonchev–Trinajstić information content (AvgIpc) is 2.61. The van der Waals surface area contributed by atoms with Gasteiger partial charge in [0.15, 0.2) is 5.79 Å². The third kappa shape index (κ3) is 8.30. The van der Waals surface area contributed by atoms with Crippen LogP contribution in [0.15, 0.2) is 0 Å². The summed E-state index contributed by atoms with van der Waals surface area (Å²) in [4.78, 5) is 36.7. The minimum Gasteiger partial charge on any atom is -0.481 e. The van der Waals surface area contributed by atoms with Crippen molar-refractivity contribution in [2.75, 3.05) is 6.61 Å². The lowest BCUT2D eigenvalue weighted by Crippen LogP contribution is -2.60. The lowest BCUT2D eigenvalue weighted by molar-refractivity contribution is -0.304. The Morgan fingerprint density at radius 1 is 1.07 bits per heavy atom. The molecular weight excluding hydrogens is 376 g/mol. The number of carbonyl (C=O) groups is 3.